The summed E-state index contributed by atoms with van der Waals surface area (Å²) in [6.07, 6.45) is 6.31. The third-order valence-electron chi connectivity index (χ3n) is 6.59. The lowest BCUT2D eigenvalue weighted by Gasteiger charge is -2.12. The van der Waals surface area contributed by atoms with Gasteiger partial charge in [0.25, 0.3) is 0 Å². The van der Waals surface area contributed by atoms with Gasteiger partial charge in [0.05, 0.1) is 0 Å². The fourth-order valence-corrected chi connectivity index (χ4v) is 4.82. The van der Waals surface area contributed by atoms with Crippen molar-refractivity contribution in [1.29, 1.82) is 0 Å². The zero-order valence-corrected chi connectivity index (χ0v) is 18.4. The Morgan fingerprint density at radius 3 is 2.41 bits per heavy atom. The minimum Gasteiger partial charge on any atom is -0.481 e. The van der Waals surface area contributed by atoms with Crippen molar-refractivity contribution in [3.05, 3.63) is 70.8 Å². The van der Waals surface area contributed by atoms with Crippen LogP contribution in [0.5, 0.6) is 0 Å². The minimum absolute atomic E-state index is 0.171. The number of rotatable bonds is 8. The number of hydrogen-bond donors (Lipinski definition) is 2. The highest BCUT2D eigenvalue weighted by Gasteiger charge is 2.26. The predicted molar refractivity (Wildman–Crippen MR) is 126 cm³/mol. The van der Waals surface area contributed by atoms with E-state index in [1.165, 1.54) is 31.2 Å². The van der Waals surface area contributed by atoms with Crippen LogP contribution in [-0.2, 0) is 16.2 Å². The number of amidine groups is 1. The van der Waals surface area contributed by atoms with E-state index in [0.29, 0.717) is 18.4 Å². The van der Waals surface area contributed by atoms with E-state index >= 15 is 0 Å². The molecule has 1 aliphatic heterocycles. The van der Waals surface area contributed by atoms with Crippen LogP contribution in [-0.4, -0.2) is 30.2 Å². The molecular formula is C26H31N3O3. The molecule has 6 heteroatoms. The van der Waals surface area contributed by atoms with E-state index in [0.717, 1.165) is 29.7 Å². The van der Waals surface area contributed by atoms with Gasteiger partial charge < -0.3 is 15.3 Å². The number of carbonyl (C=O) groups is 1. The lowest BCUT2D eigenvalue weighted by molar-refractivity contribution is -0.137. The van der Waals surface area contributed by atoms with E-state index in [9.17, 15) is 4.79 Å². The Labute approximate surface area is 189 Å². The third-order valence-corrected chi connectivity index (χ3v) is 6.59. The van der Waals surface area contributed by atoms with Crippen molar-refractivity contribution >= 4 is 18.5 Å². The van der Waals surface area contributed by atoms with Gasteiger partial charge in [-0.3, -0.25) is 4.79 Å². The molecule has 0 bridgehead atoms. The summed E-state index contributed by atoms with van der Waals surface area (Å²) in [7, 11) is 0. The zero-order chi connectivity index (χ0) is 22.3. The first-order valence-corrected chi connectivity index (χ1v) is 11.4. The molecule has 2 N–H and O–H groups in total. The lowest BCUT2D eigenvalue weighted by atomic mass is 9.97. The van der Waals surface area contributed by atoms with Crippen molar-refractivity contribution in [2.45, 2.75) is 57.1 Å². The molecule has 2 aliphatic rings. The van der Waals surface area contributed by atoms with Crippen LogP contribution in [0.3, 0.4) is 0 Å². The van der Waals surface area contributed by atoms with E-state index in [1.807, 2.05) is 24.3 Å². The van der Waals surface area contributed by atoms with Gasteiger partial charge in [-0.15, -0.1) is 0 Å². The minimum atomic E-state index is -0.740. The van der Waals surface area contributed by atoms with E-state index in [-0.39, 0.29) is 18.4 Å². The first-order chi connectivity index (χ1) is 15.6. The normalized spacial score (nSPS) is 21.6. The molecule has 4 rings (SSSR count). The molecular weight excluding hydrogens is 402 g/mol. The van der Waals surface area contributed by atoms with Crippen molar-refractivity contribution in [2.75, 3.05) is 6.54 Å². The Bertz CT molecular complexity index is 947. The van der Waals surface area contributed by atoms with Crippen LogP contribution in [0, 0.1) is 5.92 Å². The molecule has 2 unspecified atom stereocenters. The van der Waals surface area contributed by atoms with Crippen LogP contribution in [0.2, 0.25) is 0 Å². The van der Waals surface area contributed by atoms with Crippen LogP contribution in [0.15, 0.2) is 58.7 Å². The summed E-state index contributed by atoms with van der Waals surface area (Å²) < 4.78 is 0. The smallest absolute Gasteiger partial charge is 0.303 e. The van der Waals surface area contributed by atoms with Gasteiger partial charge in [0, 0.05) is 18.0 Å². The molecule has 0 amide bonds. The van der Waals surface area contributed by atoms with Gasteiger partial charge in [0.1, 0.15) is 6.61 Å². The van der Waals surface area contributed by atoms with Crippen LogP contribution >= 0.6 is 0 Å². The second-order valence-corrected chi connectivity index (χ2v) is 8.85. The summed E-state index contributed by atoms with van der Waals surface area (Å²) in [5.41, 5.74) is 4.47. The summed E-state index contributed by atoms with van der Waals surface area (Å²) in [5.74, 6) is 0.590. The van der Waals surface area contributed by atoms with Gasteiger partial charge in [-0.2, -0.15) is 0 Å². The molecule has 6 nitrogen and oxygen atoms in total. The molecule has 2 aromatic rings. The molecule has 2 atom stereocenters. The first-order valence-electron chi connectivity index (χ1n) is 11.4. The monoisotopic (exact) mass is 433 g/mol. The second kappa shape index (κ2) is 10.6. The number of oxime groups is 1. The molecule has 168 valence electrons. The molecule has 1 heterocycles. The Kier molecular flexibility index (Phi) is 7.32. The van der Waals surface area contributed by atoms with Crippen molar-refractivity contribution in [2.24, 2.45) is 16.1 Å². The summed E-state index contributed by atoms with van der Waals surface area (Å²) in [4.78, 5) is 20.5. The second-order valence-electron chi connectivity index (χ2n) is 8.85. The van der Waals surface area contributed by atoms with Gasteiger partial charge in [-0.25, -0.2) is 4.99 Å². The summed E-state index contributed by atoms with van der Waals surface area (Å²) in [6.45, 7) is 4.75. The first kappa shape index (κ1) is 22.2. The molecule has 2 fully saturated rings. The number of nitrogens with one attached hydrogen (secondary N) is 1. The standard InChI is InChI=1S/C26H31N3O3/c1-27-26(29-32-17-18-6-8-21(9-7-18)20-4-2-3-5-20)23-12-10-22(11-13-23)24-14-19(16-28-24)15-25(30)31/h6-13,19-20,24,28H,1-5,14-17H2,(H,30,31)/b29-26-. The van der Waals surface area contributed by atoms with Crippen molar-refractivity contribution in [3.63, 3.8) is 0 Å². The molecule has 1 saturated heterocycles. The van der Waals surface area contributed by atoms with Gasteiger partial charge in [-0.1, -0.05) is 66.5 Å². The van der Waals surface area contributed by atoms with Gasteiger partial charge in [-0.05, 0) is 61.1 Å². The number of carboxylic acid groups (broad SMARTS) is 1. The maximum atomic E-state index is 10.9. The zero-order valence-electron chi connectivity index (χ0n) is 18.4. The number of hydrogen-bond acceptors (Lipinski definition) is 4. The van der Waals surface area contributed by atoms with E-state index in [1.54, 1.807) is 0 Å². The maximum absolute atomic E-state index is 10.9. The highest BCUT2D eigenvalue weighted by molar-refractivity contribution is 6.01. The Hall–Kier alpha value is -2.99. The van der Waals surface area contributed by atoms with Crippen LogP contribution in [0.1, 0.15) is 72.7 Å². The molecule has 0 spiro atoms. The average Bonchev–Trinajstić information content (AvgIpc) is 3.50. The van der Waals surface area contributed by atoms with Gasteiger partial charge >= 0.3 is 5.97 Å². The molecule has 1 aliphatic carbocycles. The Morgan fingerprint density at radius 1 is 1.06 bits per heavy atom. The fraction of sp³-hybridized carbons (Fsp3) is 0.423. The molecule has 0 aromatic heterocycles. The average molecular weight is 434 g/mol. The summed E-state index contributed by atoms with van der Waals surface area (Å²) >= 11 is 0. The highest BCUT2D eigenvalue weighted by atomic mass is 16.6. The van der Waals surface area contributed by atoms with E-state index in [4.69, 9.17) is 9.94 Å². The van der Waals surface area contributed by atoms with Gasteiger partial charge in [0.2, 0.25) is 0 Å². The number of nitrogens with zero attached hydrogens (tertiary/aromatic N) is 2. The number of benzene rings is 2. The molecule has 1 saturated carbocycles. The Morgan fingerprint density at radius 2 is 1.75 bits per heavy atom. The number of aliphatic carboxylic acids is 1. The Balaban J connectivity index is 1.32. The van der Waals surface area contributed by atoms with Gasteiger partial charge in [0.15, 0.2) is 5.84 Å². The molecule has 0 radical (unpaired) electrons. The summed E-state index contributed by atoms with van der Waals surface area (Å²) in [5, 5.41) is 16.6. The lowest BCUT2D eigenvalue weighted by Crippen LogP contribution is -2.14. The predicted octanol–water partition coefficient (Wildman–Crippen LogP) is 5.05. The topological polar surface area (TPSA) is 83.3 Å². The van der Waals surface area contributed by atoms with Crippen LogP contribution < -0.4 is 5.32 Å². The van der Waals surface area contributed by atoms with E-state index in [2.05, 4.69) is 46.4 Å². The SMILES string of the molecule is C=N/C(=N\OCc1ccc(C2CCCC2)cc1)c1ccc(C2CC(CC(=O)O)CN2)cc1. The number of aliphatic imine (C=N–C) groups is 1. The van der Waals surface area contributed by atoms with E-state index < -0.39 is 5.97 Å². The largest absolute Gasteiger partial charge is 0.481 e. The third kappa shape index (κ3) is 5.62. The van der Waals surface area contributed by atoms with Crippen LogP contribution in [0.4, 0.5) is 0 Å². The molecule has 32 heavy (non-hydrogen) atoms. The highest BCUT2D eigenvalue weighted by Crippen LogP contribution is 2.34. The maximum Gasteiger partial charge on any atom is 0.303 e. The van der Waals surface area contributed by atoms with Crippen LogP contribution in [0.25, 0.3) is 0 Å². The molecule has 2 aromatic carbocycles. The number of carboxylic acids is 1. The fourth-order valence-electron chi connectivity index (χ4n) is 4.82. The quantitative estimate of drug-likeness (QED) is 0.347. The summed E-state index contributed by atoms with van der Waals surface area (Å²) in [6, 6.07) is 16.8. The van der Waals surface area contributed by atoms with Crippen molar-refractivity contribution in [1.82, 2.24) is 5.32 Å². The van der Waals surface area contributed by atoms with Crippen molar-refractivity contribution in [3.8, 4) is 0 Å². The van der Waals surface area contributed by atoms with Crippen molar-refractivity contribution < 1.29 is 14.7 Å².